The lowest BCUT2D eigenvalue weighted by Crippen LogP contribution is -2.40. The summed E-state index contributed by atoms with van der Waals surface area (Å²) >= 11 is 0. The summed E-state index contributed by atoms with van der Waals surface area (Å²) in [6, 6.07) is 7.02. The Kier molecular flexibility index (Phi) is 4.12. The number of carboxylic acid groups (broad SMARTS) is 1. The maximum atomic E-state index is 11.6. The SMILES string of the molecule is COc1cccc(CNC(=O)NCC2(C(=O)O)CC2)c1. The second-order valence-corrected chi connectivity index (χ2v) is 4.97. The van der Waals surface area contributed by atoms with Crippen molar-refractivity contribution in [2.24, 2.45) is 5.41 Å². The third-order valence-corrected chi connectivity index (χ3v) is 3.48. The van der Waals surface area contributed by atoms with Gasteiger partial charge in [0.2, 0.25) is 0 Å². The number of carbonyl (C=O) groups is 2. The maximum Gasteiger partial charge on any atom is 0.315 e. The fourth-order valence-corrected chi connectivity index (χ4v) is 1.89. The molecule has 20 heavy (non-hydrogen) atoms. The van der Waals surface area contributed by atoms with Crippen molar-refractivity contribution in [3.05, 3.63) is 29.8 Å². The van der Waals surface area contributed by atoms with E-state index in [-0.39, 0.29) is 12.6 Å². The van der Waals surface area contributed by atoms with Crippen LogP contribution in [0.5, 0.6) is 5.75 Å². The van der Waals surface area contributed by atoms with Gasteiger partial charge in [-0.15, -0.1) is 0 Å². The van der Waals surface area contributed by atoms with Crippen LogP contribution in [0.15, 0.2) is 24.3 Å². The predicted molar refractivity (Wildman–Crippen MR) is 72.5 cm³/mol. The molecule has 0 bridgehead atoms. The van der Waals surface area contributed by atoms with Gasteiger partial charge in [-0.1, -0.05) is 12.1 Å². The molecule has 0 saturated heterocycles. The van der Waals surface area contributed by atoms with Crippen LogP contribution in [0, 0.1) is 5.41 Å². The molecule has 0 heterocycles. The van der Waals surface area contributed by atoms with Crippen LogP contribution in [0.1, 0.15) is 18.4 Å². The first kappa shape index (κ1) is 14.2. The molecule has 2 rings (SSSR count). The standard InChI is InChI=1S/C14H18N2O4/c1-20-11-4-2-3-10(7-11)8-15-13(19)16-9-14(5-6-14)12(17)18/h2-4,7H,5-6,8-9H2,1H3,(H,17,18)(H2,15,16,19). The number of rotatable bonds is 6. The number of ether oxygens (including phenoxy) is 1. The Morgan fingerprint density at radius 1 is 1.35 bits per heavy atom. The number of carboxylic acids is 1. The lowest BCUT2D eigenvalue weighted by molar-refractivity contribution is -0.143. The molecule has 0 aliphatic heterocycles. The first-order chi connectivity index (χ1) is 9.55. The van der Waals surface area contributed by atoms with E-state index in [9.17, 15) is 9.59 Å². The second kappa shape index (κ2) is 5.81. The van der Waals surface area contributed by atoms with Crippen molar-refractivity contribution in [2.75, 3.05) is 13.7 Å². The highest BCUT2D eigenvalue weighted by molar-refractivity contribution is 5.80. The van der Waals surface area contributed by atoms with Crippen molar-refractivity contribution in [3.63, 3.8) is 0 Å². The minimum Gasteiger partial charge on any atom is -0.497 e. The summed E-state index contributed by atoms with van der Waals surface area (Å²) < 4.78 is 5.09. The highest BCUT2D eigenvalue weighted by atomic mass is 16.5. The molecule has 1 aromatic carbocycles. The van der Waals surface area contributed by atoms with Crippen LogP contribution in [0.2, 0.25) is 0 Å². The molecule has 0 aromatic heterocycles. The fourth-order valence-electron chi connectivity index (χ4n) is 1.89. The summed E-state index contributed by atoms with van der Waals surface area (Å²) in [5.74, 6) is -0.113. The van der Waals surface area contributed by atoms with Crippen molar-refractivity contribution >= 4 is 12.0 Å². The number of aliphatic carboxylic acids is 1. The molecule has 6 heteroatoms. The van der Waals surface area contributed by atoms with Gasteiger partial charge >= 0.3 is 12.0 Å². The van der Waals surface area contributed by atoms with Crippen molar-refractivity contribution in [3.8, 4) is 5.75 Å². The van der Waals surface area contributed by atoms with E-state index in [4.69, 9.17) is 9.84 Å². The van der Waals surface area contributed by atoms with Crippen LogP contribution >= 0.6 is 0 Å². The summed E-state index contributed by atoms with van der Waals surface area (Å²) in [7, 11) is 1.58. The van der Waals surface area contributed by atoms with E-state index in [2.05, 4.69) is 10.6 Å². The summed E-state index contributed by atoms with van der Waals surface area (Å²) in [4.78, 5) is 22.6. The van der Waals surface area contributed by atoms with Crippen LogP contribution in [-0.2, 0) is 11.3 Å². The van der Waals surface area contributed by atoms with Crippen LogP contribution in [-0.4, -0.2) is 30.8 Å². The third kappa shape index (κ3) is 3.40. The molecule has 6 nitrogen and oxygen atoms in total. The van der Waals surface area contributed by atoms with Crippen molar-refractivity contribution < 1.29 is 19.4 Å². The summed E-state index contributed by atoms with van der Waals surface area (Å²) in [5.41, 5.74) is 0.173. The minimum absolute atomic E-state index is 0.173. The zero-order chi connectivity index (χ0) is 14.6. The average molecular weight is 278 g/mol. The minimum atomic E-state index is -0.842. The van der Waals surface area contributed by atoms with E-state index < -0.39 is 11.4 Å². The fraction of sp³-hybridized carbons (Fsp3) is 0.429. The lowest BCUT2D eigenvalue weighted by Gasteiger charge is -2.12. The van der Waals surface area contributed by atoms with Crippen LogP contribution < -0.4 is 15.4 Å². The zero-order valence-electron chi connectivity index (χ0n) is 11.3. The van der Waals surface area contributed by atoms with Crippen LogP contribution in [0.3, 0.4) is 0 Å². The topological polar surface area (TPSA) is 87.7 Å². The molecule has 0 spiro atoms. The number of hydrogen-bond donors (Lipinski definition) is 3. The summed E-state index contributed by atoms with van der Waals surface area (Å²) in [6.45, 7) is 0.537. The Balaban J connectivity index is 1.76. The lowest BCUT2D eigenvalue weighted by atomic mass is 10.1. The van der Waals surface area contributed by atoms with Crippen LogP contribution in [0.25, 0.3) is 0 Å². The first-order valence-corrected chi connectivity index (χ1v) is 6.44. The van der Waals surface area contributed by atoms with Crippen LogP contribution in [0.4, 0.5) is 4.79 Å². The van der Waals surface area contributed by atoms with E-state index in [0.717, 1.165) is 11.3 Å². The van der Waals surface area contributed by atoms with Gasteiger partial charge in [0, 0.05) is 13.1 Å². The van der Waals surface area contributed by atoms with Gasteiger partial charge in [-0.05, 0) is 30.5 Å². The molecule has 0 atom stereocenters. The monoisotopic (exact) mass is 278 g/mol. The van der Waals surface area contributed by atoms with E-state index in [1.54, 1.807) is 7.11 Å². The molecule has 1 aliphatic rings. The van der Waals surface area contributed by atoms with E-state index in [1.165, 1.54) is 0 Å². The highest BCUT2D eigenvalue weighted by Crippen LogP contribution is 2.45. The largest absolute Gasteiger partial charge is 0.497 e. The first-order valence-electron chi connectivity index (χ1n) is 6.44. The Morgan fingerprint density at radius 2 is 2.10 bits per heavy atom. The molecule has 108 valence electrons. The summed E-state index contributed by atoms with van der Waals surface area (Å²) in [6.07, 6.45) is 1.25. The highest BCUT2D eigenvalue weighted by Gasteiger charge is 2.50. The molecule has 1 aromatic rings. The van der Waals surface area contributed by atoms with Crippen molar-refractivity contribution in [2.45, 2.75) is 19.4 Å². The van der Waals surface area contributed by atoms with Crippen molar-refractivity contribution in [1.82, 2.24) is 10.6 Å². The number of amides is 2. The number of carbonyl (C=O) groups excluding carboxylic acids is 1. The number of benzene rings is 1. The second-order valence-electron chi connectivity index (χ2n) is 4.97. The van der Waals surface area contributed by atoms with Gasteiger partial charge in [-0.25, -0.2) is 4.79 Å². The van der Waals surface area contributed by atoms with Gasteiger partial charge in [-0.2, -0.15) is 0 Å². The van der Waals surface area contributed by atoms with Gasteiger partial charge in [0.25, 0.3) is 0 Å². The van der Waals surface area contributed by atoms with E-state index in [1.807, 2.05) is 24.3 Å². The molecule has 1 aliphatic carbocycles. The molecule has 0 radical (unpaired) electrons. The molecule has 1 saturated carbocycles. The molecule has 0 unspecified atom stereocenters. The zero-order valence-corrected chi connectivity index (χ0v) is 11.3. The van der Waals surface area contributed by atoms with E-state index in [0.29, 0.717) is 19.4 Å². The summed E-state index contributed by atoms with van der Waals surface area (Å²) in [5, 5.41) is 14.3. The predicted octanol–water partition coefficient (Wildman–Crippen LogP) is 1.36. The molecule has 3 N–H and O–H groups in total. The van der Waals surface area contributed by atoms with Crippen molar-refractivity contribution in [1.29, 1.82) is 0 Å². The average Bonchev–Trinajstić information content (AvgIpc) is 3.24. The van der Waals surface area contributed by atoms with Gasteiger partial charge in [0.05, 0.1) is 12.5 Å². The molecule has 1 fully saturated rings. The van der Waals surface area contributed by atoms with Gasteiger partial charge in [0.15, 0.2) is 0 Å². The van der Waals surface area contributed by atoms with Gasteiger partial charge in [-0.3, -0.25) is 4.79 Å². The Hall–Kier alpha value is -2.24. The number of urea groups is 1. The number of methoxy groups -OCH3 is 1. The number of nitrogens with one attached hydrogen (secondary N) is 2. The third-order valence-electron chi connectivity index (χ3n) is 3.48. The quantitative estimate of drug-likeness (QED) is 0.733. The Labute approximate surface area is 117 Å². The van der Waals surface area contributed by atoms with E-state index >= 15 is 0 Å². The Morgan fingerprint density at radius 3 is 2.70 bits per heavy atom. The number of hydrogen-bond acceptors (Lipinski definition) is 3. The van der Waals surface area contributed by atoms with Gasteiger partial charge < -0.3 is 20.5 Å². The normalized spacial score (nSPS) is 15.2. The smallest absolute Gasteiger partial charge is 0.315 e. The molecular formula is C14H18N2O4. The Bertz CT molecular complexity index is 512. The molecule has 2 amide bonds. The van der Waals surface area contributed by atoms with Gasteiger partial charge in [0.1, 0.15) is 5.75 Å². The maximum absolute atomic E-state index is 11.6. The molecular weight excluding hydrogens is 260 g/mol.